The zero-order valence-electron chi connectivity index (χ0n) is 14.3. The molecule has 138 valence electrons. The van der Waals surface area contributed by atoms with Gasteiger partial charge in [0.2, 0.25) is 5.91 Å². The lowest BCUT2D eigenvalue weighted by Gasteiger charge is -2.13. The molecule has 0 aliphatic rings. The number of rotatable bonds is 7. The second kappa shape index (κ2) is 9.00. The average Bonchev–Trinajstić information content (AvgIpc) is 2.61. The number of para-hydroxylation sites is 2. The summed E-state index contributed by atoms with van der Waals surface area (Å²) in [7, 11) is 0. The Kier molecular flexibility index (Phi) is 6.99. The minimum atomic E-state index is -0.526. The number of amides is 1. The third-order valence-corrected chi connectivity index (χ3v) is 5.32. The molecule has 8 heteroatoms. The van der Waals surface area contributed by atoms with Crippen LogP contribution in [-0.4, -0.2) is 17.4 Å². The van der Waals surface area contributed by atoms with Gasteiger partial charge in [0, 0.05) is 17.5 Å². The van der Waals surface area contributed by atoms with Crippen LogP contribution in [0.4, 0.5) is 11.4 Å². The van der Waals surface area contributed by atoms with E-state index in [9.17, 15) is 14.9 Å². The lowest BCUT2D eigenvalue weighted by Crippen LogP contribution is -2.14. The number of aryl methyl sites for hydroxylation is 1. The number of ether oxygens (including phenoxy) is 1. The molecule has 0 unspecified atom stereocenters. The molecule has 0 fully saturated rings. The Morgan fingerprint density at radius 2 is 2.04 bits per heavy atom. The lowest BCUT2D eigenvalue weighted by molar-refractivity contribution is -0.383. The highest BCUT2D eigenvalue weighted by atomic mass is 79.9. The Labute approximate surface area is 164 Å². The highest BCUT2D eigenvalue weighted by Gasteiger charge is 2.15. The zero-order valence-corrected chi connectivity index (χ0v) is 16.7. The number of halogens is 2. The van der Waals surface area contributed by atoms with Crippen molar-refractivity contribution in [2.24, 2.45) is 0 Å². The summed E-state index contributed by atoms with van der Waals surface area (Å²) < 4.78 is 6.51. The van der Waals surface area contributed by atoms with E-state index in [2.05, 4.69) is 21.2 Å². The first-order chi connectivity index (χ1) is 12.3. The van der Waals surface area contributed by atoms with Crippen LogP contribution in [0.15, 0.2) is 34.8 Å². The Morgan fingerprint density at radius 3 is 2.73 bits per heavy atom. The first kappa shape index (κ1) is 20.2. The standard InChI is InChI=1S/C18H18BrClN2O4/c1-11-10-15(17(19)12(2)18(11)20)26-9-5-8-16(23)21-13-6-3-4-7-14(13)22(24)25/h3-4,6-7,10H,5,8-9H2,1-2H3,(H,21,23). The van der Waals surface area contributed by atoms with Crippen LogP contribution in [0.5, 0.6) is 5.75 Å². The van der Waals surface area contributed by atoms with E-state index >= 15 is 0 Å². The summed E-state index contributed by atoms with van der Waals surface area (Å²) in [6.45, 7) is 4.13. The summed E-state index contributed by atoms with van der Waals surface area (Å²) in [5, 5.41) is 14.2. The van der Waals surface area contributed by atoms with Gasteiger partial charge in [0.05, 0.1) is 16.0 Å². The van der Waals surface area contributed by atoms with E-state index in [1.54, 1.807) is 12.1 Å². The average molecular weight is 442 g/mol. The monoisotopic (exact) mass is 440 g/mol. The number of nitro benzene ring substituents is 1. The smallest absolute Gasteiger partial charge is 0.292 e. The Morgan fingerprint density at radius 1 is 1.35 bits per heavy atom. The van der Waals surface area contributed by atoms with Crippen LogP contribution in [0.3, 0.4) is 0 Å². The van der Waals surface area contributed by atoms with Crippen LogP contribution in [0.2, 0.25) is 5.02 Å². The number of benzene rings is 2. The molecule has 26 heavy (non-hydrogen) atoms. The fourth-order valence-electron chi connectivity index (χ4n) is 2.37. The summed E-state index contributed by atoms with van der Waals surface area (Å²) in [5.41, 5.74) is 1.87. The maximum absolute atomic E-state index is 12.0. The molecule has 2 rings (SSSR count). The number of nitro groups is 1. The molecule has 0 spiro atoms. The van der Waals surface area contributed by atoms with Crippen LogP contribution in [0, 0.1) is 24.0 Å². The maximum atomic E-state index is 12.0. The van der Waals surface area contributed by atoms with Crippen molar-refractivity contribution in [1.29, 1.82) is 0 Å². The van der Waals surface area contributed by atoms with E-state index in [-0.39, 0.29) is 23.7 Å². The van der Waals surface area contributed by atoms with Gasteiger partial charge in [-0.05, 0) is 59.5 Å². The van der Waals surface area contributed by atoms with Gasteiger partial charge < -0.3 is 10.1 Å². The normalized spacial score (nSPS) is 10.5. The van der Waals surface area contributed by atoms with E-state index < -0.39 is 4.92 Å². The van der Waals surface area contributed by atoms with Crippen molar-refractivity contribution in [2.75, 3.05) is 11.9 Å². The summed E-state index contributed by atoms with van der Waals surface area (Å²) in [4.78, 5) is 22.4. The first-order valence-electron chi connectivity index (χ1n) is 7.92. The Bertz CT molecular complexity index is 842. The van der Waals surface area contributed by atoms with Gasteiger partial charge in [0.15, 0.2) is 0 Å². The van der Waals surface area contributed by atoms with E-state index in [0.717, 1.165) is 15.6 Å². The molecule has 0 radical (unpaired) electrons. The molecular formula is C18H18BrClN2O4. The first-order valence-corrected chi connectivity index (χ1v) is 9.09. The molecule has 0 atom stereocenters. The Balaban J connectivity index is 1.88. The molecule has 0 bridgehead atoms. The van der Waals surface area contributed by atoms with Crippen LogP contribution in [0.25, 0.3) is 0 Å². The van der Waals surface area contributed by atoms with Gasteiger partial charge in [0.1, 0.15) is 11.4 Å². The number of nitrogens with one attached hydrogen (secondary N) is 1. The molecule has 0 aliphatic heterocycles. The summed E-state index contributed by atoms with van der Waals surface area (Å²) >= 11 is 9.64. The minimum Gasteiger partial charge on any atom is -0.492 e. The van der Waals surface area contributed by atoms with Crippen molar-refractivity contribution >= 4 is 44.8 Å². The minimum absolute atomic E-state index is 0.131. The van der Waals surface area contributed by atoms with Crippen molar-refractivity contribution in [1.82, 2.24) is 0 Å². The van der Waals surface area contributed by atoms with Gasteiger partial charge in [-0.15, -0.1) is 0 Å². The topological polar surface area (TPSA) is 81.5 Å². The number of anilines is 1. The summed E-state index contributed by atoms with van der Waals surface area (Å²) in [6.07, 6.45) is 0.662. The van der Waals surface area contributed by atoms with E-state index in [1.807, 2.05) is 19.9 Å². The molecule has 0 heterocycles. The largest absolute Gasteiger partial charge is 0.492 e. The molecule has 6 nitrogen and oxygen atoms in total. The highest BCUT2D eigenvalue weighted by molar-refractivity contribution is 9.10. The number of nitrogens with zero attached hydrogens (tertiary/aromatic N) is 1. The molecule has 1 N–H and O–H groups in total. The highest BCUT2D eigenvalue weighted by Crippen LogP contribution is 2.35. The molecular weight excluding hydrogens is 424 g/mol. The third kappa shape index (κ3) is 4.95. The molecule has 0 saturated carbocycles. The summed E-state index contributed by atoms with van der Waals surface area (Å²) in [5.74, 6) is 0.369. The lowest BCUT2D eigenvalue weighted by atomic mass is 10.1. The van der Waals surface area contributed by atoms with Crippen LogP contribution in [-0.2, 0) is 4.79 Å². The number of carbonyl (C=O) groups excluding carboxylic acids is 1. The van der Waals surface area contributed by atoms with Crippen molar-refractivity contribution < 1.29 is 14.5 Å². The van der Waals surface area contributed by atoms with Crippen molar-refractivity contribution in [3.63, 3.8) is 0 Å². The second-order valence-electron chi connectivity index (χ2n) is 5.72. The molecule has 2 aromatic carbocycles. The third-order valence-electron chi connectivity index (χ3n) is 3.75. The zero-order chi connectivity index (χ0) is 19.3. The van der Waals surface area contributed by atoms with Crippen LogP contribution in [0.1, 0.15) is 24.0 Å². The fourth-order valence-corrected chi connectivity index (χ4v) is 3.06. The van der Waals surface area contributed by atoms with E-state index in [1.165, 1.54) is 12.1 Å². The van der Waals surface area contributed by atoms with Gasteiger partial charge in [0.25, 0.3) is 5.69 Å². The van der Waals surface area contributed by atoms with Gasteiger partial charge in [-0.2, -0.15) is 0 Å². The predicted octanol–water partition coefficient (Wildman–Crippen LogP) is 5.43. The fraction of sp³-hybridized carbons (Fsp3) is 0.278. The number of hydrogen-bond donors (Lipinski definition) is 1. The maximum Gasteiger partial charge on any atom is 0.292 e. The molecule has 1 amide bonds. The van der Waals surface area contributed by atoms with Crippen molar-refractivity contribution in [2.45, 2.75) is 26.7 Å². The van der Waals surface area contributed by atoms with Crippen molar-refractivity contribution in [3.05, 3.63) is 61.1 Å². The Hall–Kier alpha value is -2.12. The van der Waals surface area contributed by atoms with Crippen molar-refractivity contribution in [3.8, 4) is 5.75 Å². The molecule has 0 aromatic heterocycles. The number of carbonyl (C=O) groups is 1. The summed E-state index contributed by atoms with van der Waals surface area (Å²) in [6, 6.07) is 7.88. The predicted molar refractivity (Wildman–Crippen MR) is 105 cm³/mol. The van der Waals surface area contributed by atoms with Crippen LogP contribution < -0.4 is 10.1 Å². The van der Waals surface area contributed by atoms with E-state index in [4.69, 9.17) is 16.3 Å². The van der Waals surface area contributed by atoms with Gasteiger partial charge in [-0.1, -0.05) is 23.7 Å². The van der Waals surface area contributed by atoms with Gasteiger partial charge in [-0.3, -0.25) is 14.9 Å². The quantitative estimate of drug-likeness (QED) is 0.353. The molecule has 2 aromatic rings. The van der Waals surface area contributed by atoms with Gasteiger partial charge >= 0.3 is 0 Å². The van der Waals surface area contributed by atoms with Crippen LogP contribution >= 0.6 is 27.5 Å². The second-order valence-corrected chi connectivity index (χ2v) is 6.89. The number of hydrogen-bond acceptors (Lipinski definition) is 4. The van der Waals surface area contributed by atoms with E-state index in [0.29, 0.717) is 23.8 Å². The van der Waals surface area contributed by atoms with Gasteiger partial charge in [-0.25, -0.2) is 0 Å². The SMILES string of the molecule is Cc1cc(OCCCC(=O)Nc2ccccc2[N+](=O)[O-])c(Br)c(C)c1Cl. The molecule has 0 saturated heterocycles. The molecule has 0 aliphatic carbocycles.